The second-order valence-electron chi connectivity index (χ2n) is 7.16. The minimum absolute atomic E-state index is 0.0661. The summed E-state index contributed by atoms with van der Waals surface area (Å²) in [7, 11) is 0. The van der Waals surface area contributed by atoms with Gasteiger partial charge >= 0.3 is 0 Å². The van der Waals surface area contributed by atoms with Gasteiger partial charge in [0.05, 0.1) is 5.69 Å². The number of nitrogens with zero attached hydrogens (tertiary/aromatic N) is 1. The number of carbonyl (C=O) groups excluding carboxylic acids is 1. The molecule has 0 fully saturated rings. The van der Waals surface area contributed by atoms with Crippen molar-refractivity contribution in [2.75, 3.05) is 0 Å². The molecule has 30 heavy (non-hydrogen) atoms. The van der Waals surface area contributed by atoms with E-state index in [2.05, 4.69) is 18.2 Å². The number of carbonyl (C=O) groups is 1. The van der Waals surface area contributed by atoms with Gasteiger partial charge < -0.3 is 0 Å². The lowest BCUT2D eigenvalue weighted by molar-refractivity contribution is 0.103. The molecule has 0 atom stereocenters. The maximum atomic E-state index is 13.4. The van der Waals surface area contributed by atoms with Gasteiger partial charge in [-0.15, -0.1) is 0 Å². The van der Waals surface area contributed by atoms with Gasteiger partial charge in [-0.05, 0) is 10.9 Å². The largest absolute Gasteiger partial charge is 0.287 e. The Balaban J connectivity index is 1.87. The highest BCUT2D eigenvalue weighted by Gasteiger charge is 2.21. The van der Waals surface area contributed by atoms with Crippen LogP contribution < -0.4 is 0 Å². The Hall–Kier alpha value is -4.04. The van der Waals surface area contributed by atoms with Crippen LogP contribution >= 0.6 is 0 Å². The number of aromatic nitrogens is 1. The Kier molecular flexibility index (Phi) is 4.66. The number of hydrogen-bond acceptors (Lipinski definition) is 2. The highest BCUT2D eigenvalue weighted by Crippen LogP contribution is 2.38. The fourth-order valence-electron chi connectivity index (χ4n) is 3.86. The van der Waals surface area contributed by atoms with Gasteiger partial charge in [0, 0.05) is 22.1 Å². The second kappa shape index (κ2) is 7.76. The molecule has 0 saturated heterocycles. The Morgan fingerprint density at radius 2 is 1.03 bits per heavy atom. The minimum Gasteiger partial charge on any atom is -0.287 e. The first-order valence-corrected chi connectivity index (χ1v) is 9.96. The predicted octanol–water partition coefficient (Wildman–Crippen LogP) is 6.80. The average Bonchev–Trinajstić information content (AvgIpc) is 2.84. The Morgan fingerprint density at radius 1 is 0.533 bits per heavy atom. The van der Waals surface area contributed by atoms with E-state index in [9.17, 15) is 4.79 Å². The van der Waals surface area contributed by atoms with E-state index >= 15 is 0 Å². The first kappa shape index (κ1) is 18.0. The van der Waals surface area contributed by atoms with Crippen molar-refractivity contribution >= 4 is 16.6 Å². The van der Waals surface area contributed by atoms with Crippen LogP contribution in [0.2, 0.25) is 0 Å². The maximum absolute atomic E-state index is 13.4. The zero-order chi connectivity index (χ0) is 20.3. The smallest absolute Gasteiger partial charge is 0.212 e. The molecule has 0 aliphatic heterocycles. The van der Waals surface area contributed by atoms with E-state index in [-0.39, 0.29) is 5.78 Å². The topological polar surface area (TPSA) is 30.0 Å². The summed E-state index contributed by atoms with van der Waals surface area (Å²) in [6.07, 6.45) is 0. The predicted molar refractivity (Wildman–Crippen MR) is 122 cm³/mol. The van der Waals surface area contributed by atoms with Crippen LogP contribution in [0, 0.1) is 0 Å². The minimum atomic E-state index is -0.0661. The molecular formula is C28H19NO. The van der Waals surface area contributed by atoms with Gasteiger partial charge in [-0.3, -0.25) is 4.79 Å². The zero-order valence-electron chi connectivity index (χ0n) is 16.3. The number of benzene rings is 4. The summed E-state index contributed by atoms with van der Waals surface area (Å²) in [4.78, 5) is 18.4. The summed E-state index contributed by atoms with van der Waals surface area (Å²) in [6.45, 7) is 0. The van der Waals surface area contributed by atoms with E-state index in [0.29, 0.717) is 11.3 Å². The first-order valence-electron chi connectivity index (χ1n) is 9.96. The fourth-order valence-corrected chi connectivity index (χ4v) is 3.86. The molecule has 2 nitrogen and oxygen atoms in total. The Bertz CT molecular complexity index is 1330. The van der Waals surface area contributed by atoms with Crippen molar-refractivity contribution in [3.63, 3.8) is 0 Å². The molecule has 2 heteroatoms. The van der Waals surface area contributed by atoms with Crippen LogP contribution in [0.4, 0.5) is 0 Å². The molecule has 0 N–H and O–H groups in total. The quantitative estimate of drug-likeness (QED) is 0.318. The zero-order valence-corrected chi connectivity index (χ0v) is 16.3. The summed E-state index contributed by atoms with van der Waals surface area (Å²) < 4.78 is 0. The summed E-state index contributed by atoms with van der Waals surface area (Å²) in [5.41, 5.74) is 5.06. The van der Waals surface area contributed by atoms with E-state index in [1.807, 2.05) is 97.1 Å². The third-order valence-electron chi connectivity index (χ3n) is 5.27. The van der Waals surface area contributed by atoms with Crippen molar-refractivity contribution in [1.29, 1.82) is 0 Å². The van der Waals surface area contributed by atoms with Gasteiger partial charge in [0.2, 0.25) is 5.78 Å². The van der Waals surface area contributed by atoms with E-state index < -0.39 is 0 Å². The molecule has 4 aromatic carbocycles. The average molecular weight is 385 g/mol. The molecule has 0 unspecified atom stereocenters. The van der Waals surface area contributed by atoms with E-state index in [4.69, 9.17) is 4.98 Å². The number of hydrogen-bond donors (Lipinski definition) is 0. The molecule has 142 valence electrons. The van der Waals surface area contributed by atoms with Gasteiger partial charge in [-0.1, -0.05) is 115 Å². The first-order chi connectivity index (χ1) is 14.8. The third-order valence-corrected chi connectivity index (χ3v) is 5.27. The molecule has 1 aromatic heterocycles. The molecule has 0 aliphatic rings. The molecule has 0 saturated carbocycles. The van der Waals surface area contributed by atoms with Crippen LogP contribution in [0.25, 0.3) is 33.2 Å². The van der Waals surface area contributed by atoms with Crippen LogP contribution in [0.15, 0.2) is 115 Å². The highest BCUT2D eigenvalue weighted by molar-refractivity contribution is 6.18. The van der Waals surface area contributed by atoms with Crippen molar-refractivity contribution in [2.45, 2.75) is 0 Å². The molecule has 5 aromatic rings. The van der Waals surface area contributed by atoms with Crippen LogP contribution in [0.3, 0.4) is 0 Å². The summed E-state index contributed by atoms with van der Waals surface area (Å²) in [5.74, 6) is -0.0661. The fraction of sp³-hybridized carbons (Fsp3) is 0. The highest BCUT2D eigenvalue weighted by atomic mass is 16.1. The lowest BCUT2D eigenvalue weighted by atomic mass is 9.91. The number of rotatable bonds is 4. The van der Waals surface area contributed by atoms with E-state index in [1.165, 1.54) is 0 Å². The van der Waals surface area contributed by atoms with E-state index in [0.717, 1.165) is 33.2 Å². The van der Waals surface area contributed by atoms with Gasteiger partial charge in [-0.25, -0.2) is 4.98 Å². The normalized spacial score (nSPS) is 10.8. The molecule has 5 rings (SSSR count). The molecule has 0 aliphatic carbocycles. The molecular weight excluding hydrogens is 366 g/mol. The molecule has 0 amide bonds. The van der Waals surface area contributed by atoms with Crippen molar-refractivity contribution in [3.8, 4) is 22.4 Å². The SMILES string of the molecule is O=C(c1ccccc1)c1nc(-c2ccccc2)c(-c2ccccc2)c2ccccc12. The summed E-state index contributed by atoms with van der Waals surface area (Å²) in [6, 6.07) is 37.7. The Morgan fingerprint density at radius 3 is 1.67 bits per heavy atom. The number of ketones is 1. The lowest BCUT2D eigenvalue weighted by Gasteiger charge is -2.16. The molecule has 0 bridgehead atoms. The van der Waals surface area contributed by atoms with Crippen LogP contribution in [-0.4, -0.2) is 10.8 Å². The second-order valence-corrected chi connectivity index (χ2v) is 7.16. The van der Waals surface area contributed by atoms with Gasteiger partial charge in [0.25, 0.3) is 0 Å². The maximum Gasteiger partial charge on any atom is 0.212 e. The van der Waals surface area contributed by atoms with Crippen LogP contribution in [-0.2, 0) is 0 Å². The monoisotopic (exact) mass is 385 g/mol. The van der Waals surface area contributed by atoms with Crippen molar-refractivity contribution < 1.29 is 4.79 Å². The van der Waals surface area contributed by atoms with Gasteiger partial charge in [0.1, 0.15) is 5.69 Å². The lowest BCUT2D eigenvalue weighted by Crippen LogP contribution is -2.07. The summed E-state index contributed by atoms with van der Waals surface area (Å²) in [5, 5.41) is 1.89. The third kappa shape index (κ3) is 3.19. The molecule has 1 heterocycles. The van der Waals surface area contributed by atoms with Crippen molar-refractivity contribution in [1.82, 2.24) is 4.98 Å². The van der Waals surface area contributed by atoms with Crippen molar-refractivity contribution in [2.24, 2.45) is 0 Å². The van der Waals surface area contributed by atoms with Crippen LogP contribution in [0.1, 0.15) is 16.1 Å². The standard InChI is InChI=1S/C28H19NO/c30-28(22-16-8-3-9-17-22)27-24-19-11-10-18-23(24)25(20-12-4-1-5-13-20)26(29-27)21-14-6-2-7-15-21/h1-19H. The molecule has 0 radical (unpaired) electrons. The van der Waals surface area contributed by atoms with Crippen molar-refractivity contribution in [3.05, 3.63) is 127 Å². The summed E-state index contributed by atoms with van der Waals surface area (Å²) >= 11 is 0. The van der Waals surface area contributed by atoms with Gasteiger partial charge in [0.15, 0.2) is 0 Å². The van der Waals surface area contributed by atoms with Crippen LogP contribution in [0.5, 0.6) is 0 Å². The molecule has 0 spiro atoms. The Labute approximate surface area is 175 Å². The van der Waals surface area contributed by atoms with E-state index in [1.54, 1.807) is 0 Å². The number of fused-ring (bicyclic) bond motifs is 1. The number of pyridine rings is 1. The van der Waals surface area contributed by atoms with Gasteiger partial charge in [-0.2, -0.15) is 0 Å².